The van der Waals surface area contributed by atoms with Crippen LogP contribution in [0.5, 0.6) is 5.75 Å². The van der Waals surface area contributed by atoms with Crippen molar-refractivity contribution in [1.82, 2.24) is 9.97 Å². The molecule has 3 heteroatoms. The quantitative estimate of drug-likeness (QED) is 0.703. The lowest BCUT2D eigenvalue weighted by molar-refractivity contribution is 0.415. The highest BCUT2D eigenvalue weighted by Crippen LogP contribution is 2.27. The predicted molar refractivity (Wildman–Crippen MR) is 81.0 cm³/mol. The van der Waals surface area contributed by atoms with E-state index in [1.54, 1.807) is 7.11 Å². The minimum atomic E-state index is 0.857. The maximum atomic E-state index is 5.29. The van der Waals surface area contributed by atoms with Gasteiger partial charge in [0.2, 0.25) is 0 Å². The summed E-state index contributed by atoms with van der Waals surface area (Å²) in [6.45, 7) is 4.01. The van der Waals surface area contributed by atoms with Crippen molar-refractivity contribution < 1.29 is 4.74 Å². The molecule has 0 spiro atoms. The van der Waals surface area contributed by atoms with Gasteiger partial charge in [-0.15, -0.1) is 0 Å². The third-order valence-electron chi connectivity index (χ3n) is 3.44. The van der Waals surface area contributed by atoms with Gasteiger partial charge in [0.1, 0.15) is 5.75 Å². The highest BCUT2D eigenvalue weighted by atomic mass is 16.5. The Morgan fingerprint density at radius 2 is 1.85 bits per heavy atom. The van der Waals surface area contributed by atoms with Crippen molar-refractivity contribution in [3.05, 3.63) is 54.0 Å². The van der Waals surface area contributed by atoms with Crippen LogP contribution in [0.25, 0.3) is 22.0 Å². The first kappa shape index (κ1) is 12.6. The van der Waals surface area contributed by atoms with E-state index in [9.17, 15) is 0 Å². The summed E-state index contributed by atoms with van der Waals surface area (Å²) in [6, 6.07) is 12.2. The molecule has 1 aromatic carbocycles. The van der Waals surface area contributed by atoms with Crippen molar-refractivity contribution in [3.63, 3.8) is 0 Å². The molecule has 100 valence electrons. The number of methoxy groups -OCH3 is 1. The van der Waals surface area contributed by atoms with E-state index in [1.165, 1.54) is 0 Å². The number of ether oxygens (including phenoxy) is 1. The molecule has 3 nitrogen and oxygen atoms in total. The van der Waals surface area contributed by atoms with E-state index in [2.05, 4.69) is 22.1 Å². The van der Waals surface area contributed by atoms with Crippen LogP contribution in [0.2, 0.25) is 0 Å². The molecule has 0 saturated carbocycles. The fourth-order valence-corrected chi connectivity index (χ4v) is 2.30. The van der Waals surface area contributed by atoms with Gasteiger partial charge in [-0.1, -0.05) is 0 Å². The maximum absolute atomic E-state index is 5.29. The van der Waals surface area contributed by atoms with Gasteiger partial charge < -0.3 is 4.74 Å². The zero-order valence-corrected chi connectivity index (χ0v) is 11.8. The number of pyridine rings is 2. The molecule has 0 saturated heterocycles. The lowest BCUT2D eigenvalue weighted by atomic mass is 10.1. The average Bonchev–Trinajstić information content (AvgIpc) is 2.47. The summed E-state index contributed by atoms with van der Waals surface area (Å²) in [5, 5.41) is 2.28. The van der Waals surface area contributed by atoms with Gasteiger partial charge in [0.15, 0.2) is 0 Å². The molecular weight excluding hydrogens is 248 g/mol. The van der Waals surface area contributed by atoms with Crippen LogP contribution >= 0.6 is 0 Å². The number of nitrogens with zero attached hydrogens (tertiary/aromatic N) is 2. The zero-order valence-electron chi connectivity index (χ0n) is 11.8. The summed E-state index contributed by atoms with van der Waals surface area (Å²) < 4.78 is 5.29. The summed E-state index contributed by atoms with van der Waals surface area (Å²) in [4.78, 5) is 9.01. The van der Waals surface area contributed by atoms with Crippen LogP contribution in [-0.2, 0) is 0 Å². The van der Waals surface area contributed by atoms with Gasteiger partial charge in [0, 0.05) is 28.5 Å². The number of aryl methyl sites for hydroxylation is 2. The Morgan fingerprint density at radius 3 is 2.55 bits per heavy atom. The number of fused-ring (bicyclic) bond motifs is 1. The van der Waals surface area contributed by atoms with Crippen LogP contribution in [0, 0.1) is 13.8 Å². The smallest absolute Gasteiger partial charge is 0.119 e. The minimum absolute atomic E-state index is 0.857. The molecule has 0 fully saturated rings. The van der Waals surface area contributed by atoms with Crippen LogP contribution < -0.4 is 4.74 Å². The molecule has 3 aromatic rings. The third-order valence-corrected chi connectivity index (χ3v) is 3.44. The number of hydrogen-bond donors (Lipinski definition) is 0. The molecule has 0 bridgehead atoms. The van der Waals surface area contributed by atoms with Gasteiger partial charge in [0.05, 0.1) is 12.8 Å². The predicted octanol–water partition coefficient (Wildman–Crippen LogP) is 3.92. The molecule has 0 radical (unpaired) electrons. The van der Waals surface area contributed by atoms with E-state index in [-0.39, 0.29) is 0 Å². The second-order valence-corrected chi connectivity index (χ2v) is 4.87. The Balaban J connectivity index is 2.19. The van der Waals surface area contributed by atoms with Crippen molar-refractivity contribution in [2.75, 3.05) is 7.11 Å². The van der Waals surface area contributed by atoms with Crippen LogP contribution in [0.3, 0.4) is 0 Å². The first-order valence-corrected chi connectivity index (χ1v) is 6.56. The van der Waals surface area contributed by atoms with E-state index >= 15 is 0 Å². The van der Waals surface area contributed by atoms with E-state index in [1.807, 2.05) is 44.3 Å². The fraction of sp³-hybridized carbons (Fsp3) is 0.176. The average molecular weight is 264 g/mol. The van der Waals surface area contributed by atoms with Crippen molar-refractivity contribution in [2.24, 2.45) is 0 Å². The molecule has 0 aliphatic rings. The molecular formula is C17H16N2O. The lowest BCUT2D eigenvalue weighted by Crippen LogP contribution is -1.91. The van der Waals surface area contributed by atoms with Gasteiger partial charge in [-0.05, 0) is 55.6 Å². The molecule has 0 aliphatic heterocycles. The largest absolute Gasteiger partial charge is 0.497 e. The molecule has 0 atom stereocenters. The van der Waals surface area contributed by atoms with Gasteiger partial charge in [-0.3, -0.25) is 9.97 Å². The lowest BCUT2D eigenvalue weighted by Gasteiger charge is -2.08. The first-order valence-electron chi connectivity index (χ1n) is 6.56. The van der Waals surface area contributed by atoms with Crippen molar-refractivity contribution >= 4 is 10.8 Å². The van der Waals surface area contributed by atoms with E-state index in [0.29, 0.717) is 0 Å². The van der Waals surface area contributed by atoms with Gasteiger partial charge >= 0.3 is 0 Å². The molecule has 0 N–H and O–H groups in total. The van der Waals surface area contributed by atoms with Gasteiger partial charge in [-0.2, -0.15) is 0 Å². The second-order valence-electron chi connectivity index (χ2n) is 4.87. The number of hydrogen-bond acceptors (Lipinski definition) is 3. The van der Waals surface area contributed by atoms with Gasteiger partial charge in [-0.25, -0.2) is 0 Å². The second kappa shape index (κ2) is 4.93. The summed E-state index contributed by atoms with van der Waals surface area (Å²) >= 11 is 0. The highest BCUT2D eigenvalue weighted by Gasteiger charge is 2.06. The Labute approximate surface area is 118 Å². The SMILES string of the molecule is COc1ccc2c(C)nc(-c3ccc(C)nc3)cc2c1. The monoisotopic (exact) mass is 264 g/mol. The fourth-order valence-electron chi connectivity index (χ4n) is 2.30. The van der Waals surface area contributed by atoms with Crippen molar-refractivity contribution in [3.8, 4) is 17.0 Å². The first-order chi connectivity index (χ1) is 9.67. The molecule has 2 aromatic heterocycles. The Bertz CT molecular complexity index is 764. The number of rotatable bonds is 2. The Hall–Kier alpha value is -2.42. The Kier molecular flexibility index (Phi) is 3.11. The van der Waals surface area contributed by atoms with Crippen LogP contribution in [0.4, 0.5) is 0 Å². The molecule has 0 aliphatic carbocycles. The van der Waals surface area contributed by atoms with E-state index < -0.39 is 0 Å². The minimum Gasteiger partial charge on any atom is -0.497 e. The summed E-state index contributed by atoms with van der Waals surface area (Å²) in [5.74, 6) is 0.857. The zero-order chi connectivity index (χ0) is 14.1. The van der Waals surface area contributed by atoms with Crippen LogP contribution in [0.15, 0.2) is 42.6 Å². The molecule has 2 heterocycles. The summed E-state index contributed by atoms with van der Waals surface area (Å²) in [6.07, 6.45) is 1.86. The van der Waals surface area contributed by atoms with E-state index in [0.717, 1.165) is 39.2 Å². The van der Waals surface area contributed by atoms with Crippen molar-refractivity contribution in [2.45, 2.75) is 13.8 Å². The number of aromatic nitrogens is 2. The van der Waals surface area contributed by atoms with Gasteiger partial charge in [0.25, 0.3) is 0 Å². The topological polar surface area (TPSA) is 35.0 Å². The van der Waals surface area contributed by atoms with Crippen LogP contribution in [-0.4, -0.2) is 17.1 Å². The van der Waals surface area contributed by atoms with Crippen molar-refractivity contribution in [1.29, 1.82) is 0 Å². The summed E-state index contributed by atoms with van der Waals surface area (Å²) in [5.41, 5.74) is 3.99. The third kappa shape index (κ3) is 2.23. The van der Waals surface area contributed by atoms with E-state index in [4.69, 9.17) is 4.74 Å². The Morgan fingerprint density at radius 1 is 1.00 bits per heavy atom. The molecule has 3 rings (SSSR count). The molecule has 0 unspecified atom stereocenters. The molecule has 20 heavy (non-hydrogen) atoms. The van der Waals surface area contributed by atoms with Crippen LogP contribution in [0.1, 0.15) is 11.4 Å². The normalized spacial score (nSPS) is 10.8. The maximum Gasteiger partial charge on any atom is 0.119 e. The highest BCUT2D eigenvalue weighted by molar-refractivity contribution is 5.88. The number of benzene rings is 1. The summed E-state index contributed by atoms with van der Waals surface area (Å²) in [7, 11) is 1.68. The standard InChI is InChI=1S/C17H16N2O/c1-11-4-5-13(10-18-11)17-9-14-8-15(20-3)6-7-16(14)12(2)19-17/h4-10H,1-3H3. The molecule has 0 amide bonds.